The van der Waals surface area contributed by atoms with Crippen molar-refractivity contribution in [3.63, 3.8) is 0 Å². The standard InChI is InChI=1S/C11H10OS/c12-7-9-2-1-3-10(6-9)11-4-5-13-8-11/h1-3,6-8H,4-5H2. The molecule has 2 rings (SSSR count). The number of thioether (sulfide) groups is 1. The Bertz CT molecular complexity index is 355. The predicted octanol–water partition coefficient (Wildman–Crippen LogP) is 2.98. The lowest BCUT2D eigenvalue weighted by atomic mass is 10.0. The number of rotatable bonds is 2. The number of benzene rings is 1. The zero-order valence-electron chi connectivity index (χ0n) is 7.19. The molecule has 66 valence electrons. The largest absolute Gasteiger partial charge is 0.298 e. The summed E-state index contributed by atoms with van der Waals surface area (Å²) in [7, 11) is 0. The molecule has 13 heavy (non-hydrogen) atoms. The third kappa shape index (κ3) is 1.83. The average molecular weight is 190 g/mol. The van der Waals surface area contributed by atoms with Crippen molar-refractivity contribution in [3.05, 3.63) is 40.8 Å². The lowest BCUT2D eigenvalue weighted by Gasteiger charge is -2.01. The summed E-state index contributed by atoms with van der Waals surface area (Å²) in [6.07, 6.45) is 2.01. The van der Waals surface area contributed by atoms with Crippen molar-refractivity contribution < 1.29 is 4.79 Å². The zero-order valence-corrected chi connectivity index (χ0v) is 8.01. The Morgan fingerprint density at radius 1 is 1.38 bits per heavy atom. The molecule has 0 fully saturated rings. The zero-order chi connectivity index (χ0) is 9.10. The van der Waals surface area contributed by atoms with E-state index in [1.807, 2.05) is 30.0 Å². The van der Waals surface area contributed by atoms with Crippen LogP contribution >= 0.6 is 11.8 Å². The number of aldehydes is 1. The molecular weight excluding hydrogens is 180 g/mol. The Kier molecular flexibility index (Phi) is 2.50. The predicted molar refractivity (Wildman–Crippen MR) is 56.9 cm³/mol. The second-order valence-corrected chi connectivity index (χ2v) is 3.98. The highest BCUT2D eigenvalue weighted by Gasteiger charge is 2.07. The minimum atomic E-state index is 0.760. The highest BCUT2D eigenvalue weighted by molar-refractivity contribution is 8.02. The first kappa shape index (κ1) is 8.57. The number of carbonyl (C=O) groups is 1. The fraction of sp³-hybridized carbons (Fsp3) is 0.182. The van der Waals surface area contributed by atoms with E-state index in [1.54, 1.807) is 0 Å². The van der Waals surface area contributed by atoms with Gasteiger partial charge in [0.05, 0.1) is 0 Å². The second-order valence-electron chi connectivity index (χ2n) is 3.01. The van der Waals surface area contributed by atoms with Gasteiger partial charge in [-0.15, -0.1) is 11.8 Å². The fourth-order valence-corrected chi connectivity index (χ4v) is 2.32. The maximum absolute atomic E-state index is 10.5. The van der Waals surface area contributed by atoms with E-state index >= 15 is 0 Å². The Morgan fingerprint density at radius 3 is 3.00 bits per heavy atom. The Morgan fingerprint density at radius 2 is 2.31 bits per heavy atom. The van der Waals surface area contributed by atoms with E-state index in [1.165, 1.54) is 16.9 Å². The smallest absolute Gasteiger partial charge is 0.150 e. The molecule has 1 aliphatic heterocycles. The summed E-state index contributed by atoms with van der Waals surface area (Å²) < 4.78 is 0. The summed E-state index contributed by atoms with van der Waals surface area (Å²) in [6, 6.07) is 7.78. The molecule has 0 aromatic heterocycles. The van der Waals surface area contributed by atoms with E-state index < -0.39 is 0 Å². The van der Waals surface area contributed by atoms with Gasteiger partial charge in [0.25, 0.3) is 0 Å². The minimum absolute atomic E-state index is 0.760. The van der Waals surface area contributed by atoms with Crippen LogP contribution in [0.5, 0.6) is 0 Å². The van der Waals surface area contributed by atoms with Crippen molar-refractivity contribution in [3.8, 4) is 0 Å². The first-order chi connectivity index (χ1) is 6.40. The van der Waals surface area contributed by atoms with Crippen LogP contribution in [-0.2, 0) is 0 Å². The molecule has 1 aliphatic rings. The van der Waals surface area contributed by atoms with Crippen molar-refractivity contribution in [2.45, 2.75) is 6.42 Å². The van der Waals surface area contributed by atoms with Gasteiger partial charge in [0.15, 0.2) is 0 Å². The van der Waals surface area contributed by atoms with Gasteiger partial charge in [-0.3, -0.25) is 4.79 Å². The van der Waals surface area contributed by atoms with Crippen LogP contribution in [0.4, 0.5) is 0 Å². The van der Waals surface area contributed by atoms with Crippen molar-refractivity contribution in [2.24, 2.45) is 0 Å². The van der Waals surface area contributed by atoms with Gasteiger partial charge in [0, 0.05) is 11.3 Å². The third-order valence-corrected chi connectivity index (χ3v) is 3.00. The fourth-order valence-electron chi connectivity index (χ4n) is 1.41. The van der Waals surface area contributed by atoms with Crippen LogP contribution in [0.3, 0.4) is 0 Å². The summed E-state index contributed by atoms with van der Waals surface area (Å²) in [5.74, 6) is 1.17. The number of carbonyl (C=O) groups excluding carboxylic acids is 1. The molecule has 0 radical (unpaired) electrons. The van der Waals surface area contributed by atoms with E-state index in [0.717, 1.165) is 18.3 Å². The molecule has 0 N–H and O–H groups in total. The van der Waals surface area contributed by atoms with E-state index in [-0.39, 0.29) is 0 Å². The molecule has 0 saturated heterocycles. The Hall–Kier alpha value is -1.02. The van der Waals surface area contributed by atoms with Crippen molar-refractivity contribution in [2.75, 3.05) is 5.75 Å². The second kappa shape index (κ2) is 3.79. The number of hydrogen-bond acceptors (Lipinski definition) is 2. The highest BCUT2D eigenvalue weighted by atomic mass is 32.2. The van der Waals surface area contributed by atoms with Gasteiger partial charge in [-0.2, -0.15) is 0 Å². The molecule has 1 nitrogen and oxygen atoms in total. The molecule has 0 bridgehead atoms. The van der Waals surface area contributed by atoms with E-state index in [0.29, 0.717) is 0 Å². The van der Waals surface area contributed by atoms with Crippen molar-refractivity contribution >= 4 is 23.6 Å². The maximum atomic E-state index is 10.5. The average Bonchev–Trinajstić information content (AvgIpc) is 2.71. The van der Waals surface area contributed by atoms with Gasteiger partial charge in [-0.05, 0) is 29.0 Å². The van der Waals surface area contributed by atoms with Crippen LogP contribution in [0.15, 0.2) is 29.7 Å². The van der Waals surface area contributed by atoms with E-state index in [2.05, 4.69) is 11.5 Å². The Labute approximate surface area is 81.8 Å². The SMILES string of the molecule is O=Cc1cccc(C2=CSCC2)c1. The number of allylic oxidation sites excluding steroid dienone is 1. The topological polar surface area (TPSA) is 17.1 Å². The molecule has 2 heteroatoms. The van der Waals surface area contributed by atoms with Crippen LogP contribution in [0.25, 0.3) is 5.57 Å². The number of hydrogen-bond donors (Lipinski definition) is 0. The quantitative estimate of drug-likeness (QED) is 0.667. The van der Waals surface area contributed by atoms with Gasteiger partial charge in [-0.25, -0.2) is 0 Å². The molecule has 1 heterocycles. The van der Waals surface area contributed by atoms with Gasteiger partial charge >= 0.3 is 0 Å². The first-order valence-corrected chi connectivity index (χ1v) is 5.31. The van der Waals surface area contributed by atoms with Gasteiger partial charge in [0.2, 0.25) is 0 Å². The summed E-state index contributed by atoms with van der Waals surface area (Å²) in [5.41, 5.74) is 3.30. The van der Waals surface area contributed by atoms with Gasteiger partial charge < -0.3 is 0 Å². The molecule has 0 amide bonds. The van der Waals surface area contributed by atoms with E-state index in [9.17, 15) is 4.79 Å². The van der Waals surface area contributed by atoms with Crippen LogP contribution < -0.4 is 0 Å². The molecule has 1 aromatic rings. The van der Waals surface area contributed by atoms with Crippen LogP contribution in [-0.4, -0.2) is 12.0 Å². The van der Waals surface area contributed by atoms with Crippen LogP contribution in [0.2, 0.25) is 0 Å². The summed E-state index contributed by atoms with van der Waals surface area (Å²) in [5, 5.41) is 2.18. The molecular formula is C11H10OS. The molecule has 1 aromatic carbocycles. The Balaban J connectivity index is 2.34. The monoisotopic (exact) mass is 190 g/mol. The summed E-state index contributed by atoms with van der Waals surface area (Å²) in [6.45, 7) is 0. The van der Waals surface area contributed by atoms with Gasteiger partial charge in [-0.1, -0.05) is 18.2 Å². The minimum Gasteiger partial charge on any atom is -0.298 e. The maximum Gasteiger partial charge on any atom is 0.150 e. The summed E-state index contributed by atoms with van der Waals surface area (Å²) in [4.78, 5) is 10.5. The van der Waals surface area contributed by atoms with E-state index in [4.69, 9.17) is 0 Å². The van der Waals surface area contributed by atoms with Crippen molar-refractivity contribution in [1.29, 1.82) is 0 Å². The molecule has 0 atom stereocenters. The van der Waals surface area contributed by atoms with Crippen LogP contribution in [0, 0.1) is 0 Å². The lowest BCUT2D eigenvalue weighted by molar-refractivity contribution is 0.112. The molecule has 0 spiro atoms. The first-order valence-electron chi connectivity index (χ1n) is 4.26. The molecule has 0 unspecified atom stereocenters. The lowest BCUT2D eigenvalue weighted by Crippen LogP contribution is -1.85. The molecule has 0 saturated carbocycles. The third-order valence-electron chi connectivity index (χ3n) is 2.11. The van der Waals surface area contributed by atoms with Gasteiger partial charge in [0.1, 0.15) is 6.29 Å². The van der Waals surface area contributed by atoms with Crippen molar-refractivity contribution in [1.82, 2.24) is 0 Å². The molecule has 0 aliphatic carbocycles. The highest BCUT2D eigenvalue weighted by Crippen LogP contribution is 2.30. The summed E-state index contributed by atoms with van der Waals surface area (Å²) >= 11 is 1.84. The normalized spacial score (nSPS) is 15.5. The van der Waals surface area contributed by atoms with Crippen LogP contribution in [0.1, 0.15) is 22.3 Å².